The quantitative estimate of drug-likeness (QED) is 0.834. The maximum atomic E-state index is 6.14. The molecular weight excluding hydrogens is 248 g/mol. The fourth-order valence-corrected chi connectivity index (χ4v) is 2.56. The van der Waals surface area contributed by atoms with Crippen LogP contribution in [-0.2, 0) is 6.54 Å². The van der Waals surface area contributed by atoms with Gasteiger partial charge in [-0.05, 0) is 49.9 Å². The Morgan fingerprint density at radius 2 is 2.22 bits per heavy atom. The highest BCUT2D eigenvalue weighted by Gasteiger charge is 2.24. The molecule has 100 valence electrons. The first-order chi connectivity index (χ1) is 8.69. The van der Waals surface area contributed by atoms with Gasteiger partial charge in [-0.25, -0.2) is 0 Å². The molecule has 0 amide bonds. The lowest BCUT2D eigenvalue weighted by Gasteiger charge is -2.32. The minimum Gasteiger partial charge on any atom is -0.492 e. The van der Waals surface area contributed by atoms with Crippen molar-refractivity contribution in [1.82, 2.24) is 5.32 Å². The van der Waals surface area contributed by atoms with Crippen molar-refractivity contribution in [3.8, 4) is 5.75 Å². The minimum atomic E-state index is 0.428. The molecule has 3 N–H and O–H groups in total. The molecule has 1 fully saturated rings. The normalized spacial score (nSPS) is 22.6. The molecule has 0 aromatic heterocycles. The monoisotopic (exact) mass is 268 g/mol. The molecule has 1 aliphatic carbocycles. The average Bonchev–Trinajstić information content (AvgIpc) is 2.30. The van der Waals surface area contributed by atoms with Crippen molar-refractivity contribution in [3.63, 3.8) is 0 Å². The molecule has 0 aliphatic heterocycles. The van der Waals surface area contributed by atoms with Gasteiger partial charge in [0, 0.05) is 12.6 Å². The molecule has 0 heterocycles. The Morgan fingerprint density at radius 1 is 1.44 bits per heavy atom. The van der Waals surface area contributed by atoms with Crippen molar-refractivity contribution in [1.29, 1.82) is 0 Å². The van der Waals surface area contributed by atoms with Gasteiger partial charge in [0.2, 0.25) is 0 Å². The molecule has 1 saturated carbocycles. The predicted octanol–water partition coefficient (Wildman–Crippen LogP) is 2.57. The Hall–Kier alpha value is -0.770. The van der Waals surface area contributed by atoms with E-state index in [1.165, 1.54) is 5.56 Å². The second kappa shape index (κ2) is 6.41. The molecule has 3 nitrogen and oxygen atoms in total. The minimum absolute atomic E-state index is 0.428. The fraction of sp³-hybridized carbons (Fsp3) is 0.571. The van der Waals surface area contributed by atoms with Crippen LogP contribution in [0.2, 0.25) is 5.02 Å². The molecule has 0 spiro atoms. The second-order valence-electron chi connectivity index (χ2n) is 4.93. The highest BCUT2D eigenvalue weighted by molar-refractivity contribution is 6.32. The maximum absolute atomic E-state index is 6.14. The molecule has 0 bridgehead atoms. The van der Waals surface area contributed by atoms with Gasteiger partial charge >= 0.3 is 0 Å². The van der Waals surface area contributed by atoms with E-state index in [-0.39, 0.29) is 0 Å². The number of hydrogen-bond acceptors (Lipinski definition) is 3. The summed E-state index contributed by atoms with van der Waals surface area (Å²) in [6.45, 7) is 4.48. The summed E-state index contributed by atoms with van der Waals surface area (Å²) in [4.78, 5) is 0. The molecule has 0 saturated heterocycles. The maximum Gasteiger partial charge on any atom is 0.137 e. The van der Waals surface area contributed by atoms with Crippen LogP contribution in [0.1, 0.15) is 25.3 Å². The summed E-state index contributed by atoms with van der Waals surface area (Å²) >= 11 is 6.14. The zero-order chi connectivity index (χ0) is 13.0. The number of rotatable bonds is 6. The first kappa shape index (κ1) is 13.7. The Morgan fingerprint density at radius 3 is 2.83 bits per heavy atom. The van der Waals surface area contributed by atoms with E-state index >= 15 is 0 Å². The van der Waals surface area contributed by atoms with Crippen LogP contribution >= 0.6 is 11.6 Å². The SMILES string of the molecule is CCOc1ccc(CNCC2CC(N)C2)cc1Cl. The van der Waals surface area contributed by atoms with Gasteiger partial charge in [-0.15, -0.1) is 0 Å². The average molecular weight is 269 g/mol. The van der Waals surface area contributed by atoms with Crippen molar-refractivity contribution in [3.05, 3.63) is 28.8 Å². The van der Waals surface area contributed by atoms with Crippen LogP contribution in [0.15, 0.2) is 18.2 Å². The molecule has 0 unspecified atom stereocenters. The van der Waals surface area contributed by atoms with Crippen molar-refractivity contribution in [2.45, 2.75) is 32.4 Å². The summed E-state index contributed by atoms with van der Waals surface area (Å²) in [5, 5.41) is 4.13. The third kappa shape index (κ3) is 3.61. The fourth-order valence-electron chi connectivity index (χ4n) is 2.30. The van der Waals surface area contributed by atoms with E-state index in [0.717, 1.165) is 37.6 Å². The van der Waals surface area contributed by atoms with E-state index in [0.29, 0.717) is 17.7 Å². The van der Waals surface area contributed by atoms with E-state index in [9.17, 15) is 0 Å². The van der Waals surface area contributed by atoms with Crippen LogP contribution in [-0.4, -0.2) is 19.2 Å². The molecular formula is C14H21ClN2O. The third-order valence-corrected chi connectivity index (χ3v) is 3.63. The van der Waals surface area contributed by atoms with Crippen molar-refractivity contribution in [2.24, 2.45) is 11.7 Å². The van der Waals surface area contributed by atoms with Crippen molar-refractivity contribution >= 4 is 11.6 Å². The van der Waals surface area contributed by atoms with Gasteiger partial charge in [-0.2, -0.15) is 0 Å². The largest absolute Gasteiger partial charge is 0.492 e. The van der Waals surface area contributed by atoms with Crippen molar-refractivity contribution < 1.29 is 4.74 Å². The zero-order valence-corrected chi connectivity index (χ0v) is 11.5. The number of benzene rings is 1. The first-order valence-corrected chi connectivity index (χ1v) is 6.94. The third-order valence-electron chi connectivity index (χ3n) is 3.33. The lowest BCUT2D eigenvalue weighted by Crippen LogP contribution is -2.41. The highest BCUT2D eigenvalue weighted by Crippen LogP contribution is 2.26. The Balaban J connectivity index is 1.77. The number of nitrogens with two attached hydrogens (primary N) is 1. The van der Waals surface area contributed by atoms with Crippen LogP contribution in [0, 0.1) is 5.92 Å². The Bertz CT molecular complexity index is 391. The van der Waals surface area contributed by atoms with Crippen LogP contribution < -0.4 is 15.8 Å². The Kier molecular flexibility index (Phi) is 4.87. The Labute approximate surface area is 114 Å². The van der Waals surface area contributed by atoms with Crippen LogP contribution in [0.3, 0.4) is 0 Å². The second-order valence-corrected chi connectivity index (χ2v) is 5.33. The van der Waals surface area contributed by atoms with Crippen molar-refractivity contribution in [2.75, 3.05) is 13.2 Å². The molecule has 1 aromatic carbocycles. The van der Waals surface area contributed by atoms with Gasteiger partial charge < -0.3 is 15.8 Å². The van der Waals surface area contributed by atoms with E-state index < -0.39 is 0 Å². The topological polar surface area (TPSA) is 47.3 Å². The van der Waals surface area contributed by atoms with Gasteiger partial charge in [-0.3, -0.25) is 0 Å². The van der Waals surface area contributed by atoms with Gasteiger partial charge in [0.1, 0.15) is 5.75 Å². The summed E-state index contributed by atoms with van der Waals surface area (Å²) in [5.41, 5.74) is 6.94. The van der Waals surface area contributed by atoms with Gasteiger partial charge in [0.25, 0.3) is 0 Å². The molecule has 1 aliphatic rings. The molecule has 2 rings (SSSR count). The highest BCUT2D eigenvalue weighted by atomic mass is 35.5. The summed E-state index contributed by atoms with van der Waals surface area (Å²) in [6.07, 6.45) is 2.30. The number of nitrogens with one attached hydrogen (secondary N) is 1. The summed E-state index contributed by atoms with van der Waals surface area (Å²) in [7, 11) is 0. The van der Waals surface area contributed by atoms with E-state index in [1.807, 2.05) is 19.1 Å². The molecule has 4 heteroatoms. The van der Waals surface area contributed by atoms with Gasteiger partial charge in [-0.1, -0.05) is 17.7 Å². The van der Waals surface area contributed by atoms with Crippen LogP contribution in [0.25, 0.3) is 0 Å². The number of hydrogen-bond donors (Lipinski definition) is 2. The van der Waals surface area contributed by atoms with Crippen LogP contribution in [0.5, 0.6) is 5.75 Å². The lowest BCUT2D eigenvalue weighted by molar-refractivity contribution is 0.256. The summed E-state index contributed by atoms with van der Waals surface area (Å²) in [5.74, 6) is 1.51. The molecule has 1 aromatic rings. The standard InChI is InChI=1S/C14H21ClN2O/c1-2-18-14-4-3-10(7-13(14)15)8-17-9-11-5-12(16)6-11/h3-4,7,11-12,17H,2,5-6,8-9,16H2,1H3. The predicted molar refractivity (Wildman–Crippen MR) is 75.0 cm³/mol. The van der Waals surface area contributed by atoms with Gasteiger partial charge in [0.15, 0.2) is 0 Å². The molecule has 0 atom stereocenters. The summed E-state index contributed by atoms with van der Waals surface area (Å²) < 4.78 is 5.41. The van der Waals surface area contributed by atoms with E-state index in [2.05, 4.69) is 11.4 Å². The van der Waals surface area contributed by atoms with Crippen LogP contribution in [0.4, 0.5) is 0 Å². The first-order valence-electron chi connectivity index (χ1n) is 6.56. The molecule has 0 radical (unpaired) electrons. The smallest absolute Gasteiger partial charge is 0.137 e. The zero-order valence-electron chi connectivity index (χ0n) is 10.8. The lowest BCUT2D eigenvalue weighted by atomic mass is 9.81. The molecule has 18 heavy (non-hydrogen) atoms. The summed E-state index contributed by atoms with van der Waals surface area (Å²) in [6, 6.07) is 6.38. The van der Waals surface area contributed by atoms with Gasteiger partial charge in [0.05, 0.1) is 11.6 Å². The number of halogens is 1. The van der Waals surface area contributed by atoms with E-state index in [4.69, 9.17) is 22.1 Å². The van der Waals surface area contributed by atoms with E-state index in [1.54, 1.807) is 0 Å². The number of ether oxygens (including phenoxy) is 1.